The van der Waals surface area contributed by atoms with Crippen LogP contribution in [0.25, 0.3) is 0 Å². The maximum atomic E-state index is 11.4. The average Bonchev–Trinajstić information content (AvgIpc) is 2.36. The second kappa shape index (κ2) is 7.45. The zero-order valence-electron chi connectivity index (χ0n) is 10.4. The normalized spacial score (nSPS) is 10.2. The minimum Gasteiger partial charge on any atom is -0.381 e. The molecule has 0 saturated heterocycles. The number of unbranched alkanes of at least 4 members (excludes halogenated alkanes) is 1. The number of hydrogen-bond acceptors (Lipinski definition) is 4. The Morgan fingerprint density at radius 3 is 2.78 bits per heavy atom. The fourth-order valence-corrected chi connectivity index (χ4v) is 1.44. The summed E-state index contributed by atoms with van der Waals surface area (Å²) in [5, 5.41) is 8.69. The fraction of sp³-hybridized carbons (Fsp3) is 0.583. The van der Waals surface area contributed by atoms with Crippen LogP contribution in [0.5, 0.6) is 0 Å². The van der Waals surface area contributed by atoms with E-state index >= 15 is 0 Å². The first-order valence-electron chi connectivity index (χ1n) is 6.00. The van der Waals surface area contributed by atoms with Crippen LogP contribution < -0.4 is 11.2 Å². The summed E-state index contributed by atoms with van der Waals surface area (Å²) in [6, 6.07) is 1.75. The van der Waals surface area contributed by atoms with Gasteiger partial charge in [-0.05, 0) is 12.8 Å². The van der Waals surface area contributed by atoms with Gasteiger partial charge < -0.3 is 4.74 Å². The minimum absolute atomic E-state index is 0.0542. The molecule has 6 nitrogen and oxygen atoms in total. The molecule has 1 heterocycles. The van der Waals surface area contributed by atoms with Gasteiger partial charge >= 0.3 is 5.69 Å². The van der Waals surface area contributed by atoms with Crippen LogP contribution in [0.15, 0.2) is 15.8 Å². The van der Waals surface area contributed by atoms with Crippen molar-refractivity contribution in [3.63, 3.8) is 0 Å². The van der Waals surface area contributed by atoms with Gasteiger partial charge in [-0.3, -0.25) is 14.3 Å². The van der Waals surface area contributed by atoms with E-state index < -0.39 is 11.2 Å². The summed E-state index contributed by atoms with van der Waals surface area (Å²) >= 11 is 0. The van der Waals surface area contributed by atoms with E-state index in [2.05, 4.69) is 11.9 Å². The SMILES string of the molecule is CCCCOCCCn1cc(C#N)c(=O)[nH]c1=O. The molecule has 6 heteroatoms. The topological polar surface area (TPSA) is 87.9 Å². The molecule has 0 aromatic carbocycles. The standard InChI is InChI=1S/C12H17N3O3/c1-2-3-6-18-7-4-5-15-9-10(8-13)11(16)14-12(15)17/h9H,2-7H2,1H3,(H,14,16,17). The predicted octanol–water partition coefficient (Wildman–Crippen LogP) is 0.615. The number of nitrogens with zero attached hydrogens (tertiary/aromatic N) is 2. The van der Waals surface area contributed by atoms with Crippen molar-refractivity contribution in [2.24, 2.45) is 0 Å². The number of aromatic amines is 1. The van der Waals surface area contributed by atoms with E-state index in [1.807, 2.05) is 0 Å². The van der Waals surface area contributed by atoms with Crippen molar-refractivity contribution in [3.05, 3.63) is 32.6 Å². The van der Waals surface area contributed by atoms with Crippen LogP contribution in [0.1, 0.15) is 31.7 Å². The first-order chi connectivity index (χ1) is 8.69. The number of hydrogen-bond donors (Lipinski definition) is 1. The van der Waals surface area contributed by atoms with E-state index in [9.17, 15) is 9.59 Å². The Morgan fingerprint density at radius 1 is 1.39 bits per heavy atom. The lowest BCUT2D eigenvalue weighted by atomic mass is 10.3. The highest BCUT2D eigenvalue weighted by Crippen LogP contribution is 1.92. The molecule has 1 aromatic heterocycles. The van der Waals surface area contributed by atoms with E-state index in [-0.39, 0.29) is 5.56 Å². The first-order valence-corrected chi connectivity index (χ1v) is 6.00. The van der Waals surface area contributed by atoms with Gasteiger partial charge in [-0.2, -0.15) is 5.26 Å². The summed E-state index contributed by atoms with van der Waals surface area (Å²) in [6.07, 6.45) is 4.07. The molecule has 0 aliphatic heterocycles. The number of nitrogens with one attached hydrogen (secondary N) is 1. The summed E-state index contributed by atoms with van der Waals surface area (Å²) < 4.78 is 6.69. The molecule has 0 bridgehead atoms. The molecule has 0 atom stereocenters. The summed E-state index contributed by atoms with van der Waals surface area (Å²) in [7, 11) is 0. The third kappa shape index (κ3) is 4.18. The molecule has 18 heavy (non-hydrogen) atoms. The molecule has 0 amide bonds. The number of H-pyrrole nitrogens is 1. The van der Waals surface area contributed by atoms with Crippen molar-refractivity contribution in [2.75, 3.05) is 13.2 Å². The molecule has 0 saturated carbocycles. The Hall–Kier alpha value is -1.87. The van der Waals surface area contributed by atoms with Crippen molar-refractivity contribution in [2.45, 2.75) is 32.7 Å². The number of ether oxygens (including phenoxy) is 1. The van der Waals surface area contributed by atoms with Crippen LogP contribution >= 0.6 is 0 Å². The van der Waals surface area contributed by atoms with Gasteiger partial charge in [0, 0.05) is 26.0 Å². The Morgan fingerprint density at radius 2 is 2.11 bits per heavy atom. The van der Waals surface area contributed by atoms with Gasteiger partial charge in [-0.15, -0.1) is 0 Å². The minimum atomic E-state index is -0.641. The van der Waals surface area contributed by atoms with E-state index in [4.69, 9.17) is 10.00 Å². The van der Waals surface area contributed by atoms with E-state index in [1.165, 1.54) is 10.8 Å². The lowest BCUT2D eigenvalue weighted by Crippen LogP contribution is -2.31. The van der Waals surface area contributed by atoms with Gasteiger partial charge in [-0.25, -0.2) is 4.79 Å². The average molecular weight is 251 g/mol. The third-order valence-electron chi connectivity index (χ3n) is 2.46. The van der Waals surface area contributed by atoms with Gasteiger partial charge in [0.2, 0.25) is 0 Å². The Kier molecular flexibility index (Phi) is 5.88. The Labute approximate surface area is 105 Å². The molecule has 1 aromatic rings. The summed E-state index contributed by atoms with van der Waals surface area (Å²) in [5.74, 6) is 0. The number of nitriles is 1. The van der Waals surface area contributed by atoms with Crippen LogP contribution in [0.2, 0.25) is 0 Å². The van der Waals surface area contributed by atoms with Gasteiger partial charge in [0.25, 0.3) is 5.56 Å². The number of aromatic nitrogens is 2. The maximum Gasteiger partial charge on any atom is 0.328 e. The van der Waals surface area contributed by atoms with Crippen LogP contribution in [-0.4, -0.2) is 22.8 Å². The molecule has 1 N–H and O–H groups in total. The summed E-state index contributed by atoms with van der Waals surface area (Å²) in [5.41, 5.74) is -1.19. The van der Waals surface area contributed by atoms with Crippen LogP contribution in [0.4, 0.5) is 0 Å². The van der Waals surface area contributed by atoms with Gasteiger partial charge in [-0.1, -0.05) is 13.3 Å². The van der Waals surface area contributed by atoms with Gasteiger partial charge in [0.1, 0.15) is 11.6 Å². The van der Waals surface area contributed by atoms with Crippen molar-refractivity contribution in [1.29, 1.82) is 5.26 Å². The molecule has 1 rings (SSSR count). The van der Waals surface area contributed by atoms with Crippen molar-refractivity contribution < 1.29 is 4.74 Å². The highest BCUT2D eigenvalue weighted by molar-refractivity contribution is 5.21. The first kappa shape index (κ1) is 14.2. The van der Waals surface area contributed by atoms with E-state index in [0.29, 0.717) is 19.6 Å². The second-order valence-corrected chi connectivity index (χ2v) is 3.93. The predicted molar refractivity (Wildman–Crippen MR) is 66.4 cm³/mol. The van der Waals surface area contributed by atoms with Gasteiger partial charge in [0.05, 0.1) is 0 Å². The zero-order chi connectivity index (χ0) is 13.4. The highest BCUT2D eigenvalue weighted by atomic mass is 16.5. The monoisotopic (exact) mass is 251 g/mol. The lowest BCUT2D eigenvalue weighted by molar-refractivity contribution is 0.125. The molecular formula is C12H17N3O3. The van der Waals surface area contributed by atoms with E-state index in [1.54, 1.807) is 6.07 Å². The van der Waals surface area contributed by atoms with Crippen molar-refractivity contribution in [3.8, 4) is 6.07 Å². The fourth-order valence-electron chi connectivity index (χ4n) is 1.44. The molecule has 0 fully saturated rings. The smallest absolute Gasteiger partial charge is 0.328 e. The quantitative estimate of drug-likeness (QED) is 0.719. The molecule has 0 unspecified atom stereocenters. The summed E-state index contributed by atoms with van der Waals surface area (Å²) in [4.78, 5) is 24.7. The number of aryl methyl sites for hydroxylation is 1. The van der Waals surface area contributed by atoms with Crippen molar-refractivity contribution in [1.82, 2.24) is 9.55 Å². The zero-order valence-corrected chi connectivity index (χ0v) is 10.4. The lowest BCUT2D eigenvalue weighted by Gasteiger charge is -2.06. The second-order valence-electron chi connectivity index (χ2n) is 3.93. The molecule has 0 aliphatic carbocycles. The third-order valence-corrected chi connectivity index (χ3v) is 2.46. The van der Waals surface area contributed by atoms with Crippen LogP contribution in [0.3, 0.4) is 0 Å². The highest BCUT2D eigenvalue weighted by Gasteiger charge is 2.03. The Balaban J connectivity index is 2.50. The summed E-state index contributed by atoms with van der Waals surface area (Å²) in [6.45, 7) is 3.80. The number of rotatable bonds is 7. The molecule has 0 radical (unpaired) electrons. The van der Waals surface area contributed by atoms with Crippen LogP contribution in [0, 0.1) is 11.3 Å². The molecule has 0 spiro atoms. The Bertz CT molecular complexity index is 525. The molecule has 0 aliphatic rings. The molecule has 98 valence electrons. The maximum absolute atomic E-state index is 11.4. The van der Waals surface area contributed by atoms with Gasteiger partial charge in [0.15, 0.2) is 0 Å². The van der Waals surface area contributed by atoms with Crippen molar-refractivity contribution >= 4 is 0 Å². The van der Waals surface area contributed by atoms with E-state index in [0.717, 1.165) is 19.4 Å². The molecular weight excluding hydrogens is 234 g/mol. The van der Waals surface area contributed by atoms with Crippen LogP contribution in [-0.2, 0) is 11.3 Å². The largest absolute Gasteiger partial charge is 0.381 e.